The highest BCUT2D eigenvalue weighted by molar-refractivity contribution is 8.00. The van der Waals surface area contributed by atoms with Gasteiger partial charge in [-0.3, -0.25) is 0 Å². The minimum Gasteiger partial charge on any atom is -0.368 e. The van der Waals surface area contributed by atoms with Gasteiger partial charge < -0.3 is 15.5 Å². The smallest absolute Gasteiger partial charge is 0.230 e. The lowest BCUT2D eigenvalue weighted by atomic mass is 10.2. The first-order chi connectivity index (χ1) is 11.4. The summed E-state index contributed by atoms with van der Waals surface area (Å²) in [4.78, 5) is 19.2. The number of anilines is 2. The number of thioether (sulfide) groups is 1. The third-order valence-electron chi connectivity index (χ3n) is 4.08. The molecule has 1 fully saturated rings. The Hall–Kier alpha value is -1.57. The molecule has 0 aliphatic carbocycles. The average molecular weight is 381 g/mol. The van der Waals surface area contributed by atoms with Gasteiger partial charge in [-0.05, 0) is 33.0 Å². The van der Waals surface area contributed by atoms with Gasteiger partial charge in [0.15, 0.2) is 5.82 Å². The lowest BCUT2D eigenvalue weighted by molar-refractivity contribution is 0.311. The van der Waals surface area contributed by atoms with Crippen molar-refractivity contribution in [2.75, 3.05) is 43.9 Å². The molecule has 0 atom stereocenters. The van der Waals surface area contributed by atoms with Crippen LogP contribution < -0.4 is 10.6 Å². The van der Waals surface area contributed by atoms with E-state index >= 15 is 0 Å². The zero-order valence-corrected chi connectivity index (χ0v) is 16.5. The van der Waals surface area contributed by atoms with Crippen molar-refractivity contribution in [2.45, 2.75) is 23.5 Å². The fourth-order valence-electron chi connectivity index (χ4n) is 2.63. The number of nitrogens with two attached hydrogens (primary N) is 1. The van der Waals surface area contributed by atoms with E-state index in [0.717, 1.165) is 32.0 Å². The number of halogens is 1. The van der Waals surface area contributed by atoms with Crippen molar-refractivity contribution < 1.29 is 0 Å². The van der Waals surface area contributed by atoms with Crippen LogP contribution in [0.3, 0.4) is 0 Å². The van der Waals surface area contributed by atoms with Crippen molar-refractivity contribution in [3.05, 3.63) is 36.2 Å². The summed E-state index contributed by atoms with van der Waals surface area (Å²) in [6, 6.07) is 10.3. The van der Waals surface area contributed by atoms with Crippen LogP contribution in [0.4, 0.5) is 11.9 Å². The first-order valence-corrected chi connectivity index (χ1v) is 8.95. The van der Waals surface area contributed by atoms with E-state index in [0.29, 0.717) is 5.95 Å². The summed E-state index contributed by atoms with van der Waals surface area (Å²) in [5.74, 6) is 1.70. The Morgan fingerprint density at radius 2 is 1.64 bits per heavy atom. The monoisotopic (exact) mass is 380 g/mol. The maximum absolute atomic E-state index is 5.97. The van der Waals surface area contributed by atoms with Crippen molar-refractivity contribution in [3.8, 4) is 0 Å². The molecule has 6 nitrogen and oxygen atoms in total. The summed E-state index contributed by atoms with van der Waals surface area (Å²) in [5, 5.41) is 0. The minimum atomic E-state index is -0.292. The summed E-state index contributed by atoms with van der Waals surface area (Å²) >= 11 is 1.73. The Kier molecular flexibility index (Phi) is 6.48. The third-order valence-corrected chi connectivity index (χ3v) is 5.28. The van der Waals surface area contributed by atoms with Crippen molar-refractivity contribution in [1.82, 2.24) is 19.9 Å². The van der Waals surface area contributed by atoms with Gasteiger partial charge in [-0.2, -0.15) is 15.0 Å². The normalized spacial score (nSPS) is 15.7. The Balaban J connectivity index is 0.00000225. The standard InChI is InChI=1S/C17H24N6S.ClH/c1-17(2,24-13-7-5-4-6-8-13)14-19-15(18)21-16(20-14)23-11-9-22(3)10-12-23;/h4-8H,9-12H2,1-3H3,(H2,18,19,20,21);1H. The lowest BCUT2D eigenvalue weighted by Crippen LogP contribution is -2.45. The van der Waals surface area contributed by atoms with Gasteiger partial charge in [0, 0.05) is 31.1 Å². The van der Waals surface area contributed by atoms with E-state index in [9.17, 15) is 0 Å². The van der Waals surface area contributed by atoms with Gasteiger partial charge in [-0.25, -0.2) is 0 Å². The largest absolute Gasteiger partial charge is 0.368 e. The highest BCUT2D eigenvalue weighted by atomic mass is 35.5. The number of rotatable bonds is 4. The van der Waals surface area contributed by atoms with Crippen LogP contribution in [-0.2, 0) is 4.75 Å². The Morgan fingerprint density at radius 1 is 1.00 bits per heavy atom. The van der Waals surface area contributed by atoms with Gasteiger partial charge in [0.05, 0.1) is 4.75 Å². The summed E-state index contributed by atoms with van der Waals surface area (Å²) < 4.78 is -0.292. The number of aromatic nitrogens is 3. The Morgan fingerprint density at radius 3 is 2.28 bits per heavy atom. The second kappa shape index (κ2) is 8.21. The van der Waals surface area contributed by atoms with Crippen LogP contribution in [0.25, 0.3) is 0 Å². The minimum absolute atomic E-state index is 0. The molecule has 0 unspecified atom stereocenters. The molecule has 3 rings (SSSR count). The number of hydrogen-bond donors (Lipinski definition) is 1. The van der Waals surface area contributed by atoms with Gasteiger partial charge in [0.1, 0.15) is 0 Å². The predicted octanol–water partition coefficient (Wildman–Crippen LogP) is 2.65. The summed E-state index contributed by atoms with van der Waals surface area (Å²) in [6.45, 7) is 8.06. The van der Waals surface area contributed by atoms with E-state index < -0.39 is 0 Å². The van der Waals surface area contributed by atoms with Crippen LogP contribution in [0.2, 0.25) is 0 Å². The van der Waals surface area contributed by atoms with Gasteiger partial charge in [-0.15, -0.1) is 24.2 Å². The van der Waals surface area contributed by atoms with Gasteiger partial charge in [-0.1, -0.05) is 18.2 Å². The Bertz CT molecular complexity index is 689. The van der Waals surface area contributed by atoms with E-state index in [1.165, 1.54) is 4.90 Å². The zero-order chi connectivity index (χ0) is 17.2. The number of nitrogens with zero attached hydrogens (tertiary/aromatic N) is 5. The van der Waals surface area contributed by atoms with Crippen LogP contribution in [0.15, 0.2) is 35.2 Å². The summed E-state index contributed by atoms with van der Waals surface area (Å²) in [5.41, 5.74) is 5.97. The molecule has 2 N–H and O–H groups in total. The molecular weight excluding hydrogens is 356 g/mol. The molecule has 25 heavy (non-hydrogen) atoms. The number of likely N-dealkylation sites (N-methyl/N-ethyl adjacent to an activating group) is 1. The molecule has 8 heteroatoms. The molecule has 1 aromatic carbocycles. The SMILES string of the molecule is CN1CCN(c2nc(N)nc(C(C)(C)Sc3ccccc3)n2)CC1.Cl. The predicted molar refractivity (Wildman–Crippen MR) is 107 cm³/mol. The fraction of sp³-hybridized carbons (Fsp3) is 0.471. The van der Waals surface area contributed by atoms with Crippen LogP contribution in [0, 0.1) is 0 Å². The van der Waals surface area contributed by atoms with Crippen LogP contribution in [0.1, 0.15) is 19.7 Å². The number of hydrogen-bond acceptors (Lipinski definition) is 7. The number of piperazine rings is 1. The average Bonchev–Trinajstić information content (AvgIpc) is 2.55. The van der Waals surface area contributed by atoms with Crippen molar-refractivity contribution in [2.24, 2.45) is 0 Å². The first-order valence-electron chi connectivity index (χ1n) is 8.13. The highest BCUT2D eigenvalue weighted by Gasteiger charge is 2.28. The molecule has 2 heterocycles. The topological polar surface area (TPSA) is 71.2 Å². The summed E-state index contributed by atoms with van der Waals surface area (Å²) in [7, 11) is 2.13. The van der Waals surface area contributed by atoms with Crippen molar-refractivity contribution in [1.29, 1.82) is 0 Å². The molecule has 2 aromatic rings. The fourth-order valence-corrected chi connectivity index (χ4v) is 3.69. The van der Waals surface area contributed by atoms with E-state index in [4.69, 9.17) is 10.7 Å². The van der Waals surface area contributed by atoms with Gasteiger partial charge in [0.2, 0.25) is 11.9 Å². The zero-order valence-electron chi connectivity index (χ0n) is 14.8. The van der Waals surface area contributed by atoms with E-state index in [1.807, 2.05) is 18.2 Å². The molecule has 0 spiro atoms. The van der Waals surface area contributed by atoms with E-state index in [2.05, 4.69) is 52.8 Å². The maximum Gasteiger partial charge on any atom is 0.230 e. The van der Waals surface area contributed by atoms with E-state index in [1.54, 1.807) is 11.8 Å². The van der Waals surface area contributed by atoms with E-state index in [-0.39, 0.29) is 23.1 Å². The second-order valence-electron chi connectivity index (χ2n) is 6.53. The summed E-state index contributed by atoms with van der Waals surface area (Å²) in [6.07, 6.45) is 0. The molecule has 0 saturated carbocycles. The molecule has 136 valence electrons. The molecule has 1 saturated heterocycles. The molecule has 1 aliphatic heterocycles. The van der Waals surface area contributed by atoms with Crippen molar-refractivity contribution in [3.63, 3.8) is 0 Å². The lowest BCUT2D eigenvalue weighted by Gasteiger charge is -2.33. The second-order valence-corrected chi connectivity index (χ2v) is 8.23. The van der Waals surface area contributed by atoms with Crippen LogP contribution in [-0.4, -0.2) is 53.1 Å². The van der Waals surface area contributed by atoms with Crippen LogP contribution >= 0.6 is 24.2 Å². The van der Waals surface area contributed by atoms with Crippen molar-refractivity contribution >= 4 is 36.1 Å². The third kappa shape index (κ3) is 4.96. The maximum atomic E-state index is 5.97. The molecule has 0 radical (unpaired) electrons. The molecule has 1 aliphatic rings. The van der Waals surface area contributed by atoms with Crippen LogP contribution in [0.5, 0.6) is 0 Å². The molecular formula is C17H25ClN6S. The number of nitrogen functional groups attached to an aromatic ring is 1. The first kappa shape index (κ1) is 19.8. The van der Waals surface area contributed by atoms with Gasteiger partial charge >= 0.3 is 0 Å². The number of benzene rings is 1. The molecule has 0 amide bonds. The van der Waals surface area contributed by atoms with Gasteiger partial charge in [0.25, 0.3) is 0 Å². The highest BCUT2D eigenvalue weighted by Crippen LogP contribution is 2.39. The molecule has 1 aromatic heterocycles. The Labute approximate surface area is 159 Å². The molecule has 0 bridgehead atoms. The quantitative estimate of drug-likeness (QED) is 0.817.